The van der Waals surface area contributed by atoms with Crippen molar-refractivity contribution in [1.82, 2.24) is 9.80 Å². The number of amides is 3. The molecule has 1 spiro atoms. The highest BCUT2D eigenvalue weighted by atomic mass is 16.5. The first-order chi connectivity index (χ1) is 20.2. The molecule has 0 aliphatic carbocycles. The van der Waals surface area contributed by atoms with Crippen molar-refractivity contribution >= 4 is 23.4 Å². The lowest BCUT2D eigenvalue weighted by atomic mass is 9.70. The summed E-state index contributed by atoms with van der Waals surface area (Å²) in [5, 5.41) is 10.2. The second kappa shape index (κ2) is 11.9. The third-order valence-electron chi connectivity index (χ3n) is 9.11. The number of aliphatic hydroxyl groups excluding tert-OH is 1. The minimum atomic E-state index is -1.16. The third-order valence-corrected chi connectivity index (χ3v) is 9.11. The van der Waals surface area contributed by atoms with Crippen molar-refractivity contribution in [3.05, 3.63) is 90.5 Å². The maximum atomic E-state index is 14.7. The minimum absolute atomic E-state index is 0.175. The van der Waals surface area contributed by atoms with Crippen LogP contribution in [0.2, 0.25) is 0 Å². The molecule has 0 radical (unpaired) electrons. The van der Waals surface area contributed by atoms with Crippen LogP contribution in [0.25, 0.3) is 0 Å². The van der Waals surface area contributed by atoms with Crippen LogP contribution < -0.4 is 4.90 Å². The second-order valence-corrected chi connectivity index (χ2v) is 11.9. The van der Waals surface area contributed by atoms with E-state index in [0.29, 0.717) is 25.9 Å². The molecule has 3 heterocycles. The van der Waals surface area contributed by atoms with Crippen LogP contribution in [0.5, 0.6) is 0 Å². The van der Waals surface area contributed by atoms with Gasteiger partial charge in [-0.3, -0.25) is 14.4 Å². The summed E-state index contributed by atoms with van der Waals surface area (Å²) < 4.78 is 6.65. The standard InChI is InChI=1S/C34H41N3O5/c1-6-17-35(20-25-11-9-8-10-12-25)31(39)28-27-15-16-34(42-27)29(28)32(40)37(24(5)21-38)30(34)33(41)36(18-7-2)26-19-22(3)13-14-23(26)4/h6-14,19,24,27-30,38H,1-2,15-18,20-21H2,3-5H3/t24-,27+,28-,29+,30?,34?/m1/s1. The van der Waals surface area contributed by atoms with Gasteiger partial charge in [0.15, 0.2) is 0 Å². The van der Waals surface area contributed by atoms with E-state index in [2.05, 4.69) is 13.2 Å². The summed E-state index contributed by atoms with van der Waals surface area (Å²) in [5.41, 5.74) is 2.47. The van der Waals surface area contributed by atoms with E-state index in [9.17, 15) is 19.5 Å². The summed E-state index contributed by atoms with van der Waals surface area (Å²) in [6.45, 7) is 14.0. The van der Waals surface area contributed by atoms with E-state index in [0.717, 1.165) is 22.4 Å². The molecule has 6 atom stereocenters. The number of hydrogen-bond donors (Lipinski definition) is 1. The van der Waals surface area contributed by atoms with Gasteiger partial charge >= 0.3 is 0 Å². The molecule has 2 aromatic rings. The van der Waals surface area contributed by atoms with Crippen LogP contribution in [0.4, 0.5) is 5.69 Å². The number of likely N-dealkylation sites (tertiary alicyclic amines) is 1. The minimum Gasteiger partial charge on any atom is -0.394 e. The zero-order valence-electron chi connectivity index (χ0n) is 24.7. The zero-order valence-corrected chi connectivity index (χ0v) is 24.7. The molecule has 3 aliphatic heterocycles. The van der Waals surface area contributed by atoms with Crippen molar-refractivity contribution in [1.29, 1.82) is 0 Å². The van der Waals surface area contributed by atoms with E-state index in [1.54, 1.807) is 28.9 Å². The Morgan fingerprint density at radius 3 is 2.50 bits per heavy atom. The lowest BCUT2D eigenvalue weighted by molar-refractivity contribution is -0.147. The number of rotatable bonds is 11. The molecular formula is C34H41N3O5. The van der Waals surface area contributed by atoms with Gasteiger partial charge in [-0.1, -0.05) is 54.6 Å². The molecule has 222 valence electrons. The Morgan fingerprint density at radius 2 is 1.83 bits per heavy atom. The van der Waals surface area contributed by atoms with Crippen LogP contribution in [0, 0.1) is 25.7 Å². The number of fused-ring (bicyclic) bond motifs is 1. The third kappa shape index (κ3) is 4.86. The van der Waals surface area contributed by atoms with Gasteiger partial charge in [-0.05, 0) is 56.4 Å². The van der Waals surface area contributed by atoms with Crippen molar-refractivity contribution < 1.29 is 24.2 Å². The van der Waals surface area contributed by atoms with E-state index in [1.165, 1.54) is 4.90 Å². The molecule has 8 nitrogen and oxygen atoms in total. The van der Waals surface area contributed by atoms with Crippen LogP contribution in [-0.4, -0.2) is 76.1 Å². The van der Waals surface area contributed by atoms with Gasteiger partial charge in [-0.25, -0.2) is 0 Å². The zero-order chi connectivity index (χ0) is 30.2. The average molecular weight is 572 g/mol. The monoisotopic (exact) mass is 571 g/mol. The van der Waals surface area contributed by atoms with Gasteiger partial charge in [-0.2, -0.15) is 0 Å². The first-order valence-electron chi connectivity index (χ1n) is 14.7. The number of benzene rings is 2. The van der Waals surface area contributed by atoms with Gasteiger partial charge in [0.25, 0.3) is 5.91 Å². The molecule has 3 aliphatic rings. The second-order valence-electron chi connectivity index (χ2n) is 11.9. The molecule has 5 rings (SSSR count). The predicted molar refractivity (Wildman–Crippen MR) is 162 cm³/mol. The summed E-state index contributed by atoms with van der Waals surface area (Å²) in [7, 11) is 0. The van der Waals surface area contributed by atoms with Crippen LogP contribution >= 0.6 is 0 Å². The Balaban J connectivity index is 1.55. The molecule has 0 aromatic heterocycles. The molecule has 3 saturated heterocycles. The number of ether oxygens (including phenoxy) is 1. The maximum absolute atomic E-state index is 14.7. The van der Waals surface area contributed by atoms with E-state index in [-0.39, 0.29) is 30.9 Å². The lowest BCUT2D eigenvalue weighted by Gasteiger charge is -2.38. The molecule has 8 heteroatoms. The Hall–Kier alpha value is -3.75. The van der Waals surface area contributed by atoms with E-state index >= 15 is 0 Å². The van der Waals surface area contributed by atoms with E-state index in [1.807, 2.05) is 62.4 Å². The first-order valence-corrected chi connectivity index (χ1v) is 14.7. The number of aryl methyl sites for hydroxylation is 2. The summed E-state index contributed by atoms with van der Waals surface area (Å²) in [5.74, 6) is -2.33. The van der Waals surface area contributed by atoms with Crippen LogP contribution in [0.15, 0.2) is 73.8 Å². The van der Waals surface area contributed by atoms with Gasteiger partial charge < -0.3 is 24.5 Å². The smallest absolute Gasteiger partial charge is 0.253 e. The SMILES string of the molecule is C=CCN(Cc1ccccc1)C(=O)[C@@H]1[C@@H]2CCC3(O2)C(C(=O)N(CC=C)c2cc(C)ccc2C)N([C@H](C)CO)C(=O)[C@H]13. The number of hydrogen-bond acceptors (Lipinski definition) is 5. The van der Waals surface area contributed by atoms with Crippen molar-refractivity contribution in [3.8, 4) is 0 Å². The molecule has 3 amide bonds. The number of carbonyl (C=O) groups is 3. The number of nitrogens with zero attached hydrogens (tertiary/aromatic N) is 3. The highest BCUT2D eigenvalue weighted by molar-refractivity contribution is 6.05. The van der Waals surface area contributed by atoms with Crippen molar-refractivity contribution in [2.24, 2.45) is 11.8 Å². The normalized spacial score (nSPS) is 26.6. The topological polar surface area (TPSA) is 90.4 Å². The number of carbonyl (C=O) groups excluding carboxylic acids is 3. The molecule has 0 saturated carbocycles. The quantitative estimate of drug-likeness (QED) is 0.415. The first kappa shape index (κ1) is 29.7. The predicted octanol–water partition coefficient (Wildman–Crippen LogP) is 3.79. The number of aliphatic hydroxyl groups is 1. The molecule has 42 heavy (non-hydrogen) atoms. The van der Waals surface area contributed by atoms with Crippen molar-refractivity contribution in [2.75, 3.05) is 24.6 Å². The molecule has 2 unspecified atom stereocenters. The Bertz CT molecular complexity index is 1380. The Labute approximate surface area is 248 Å². The Morgan fingerprint density at radius 1 is 1.12 bits per heavy atom. The van der Waals surface area contributed by atoms with Gasteiger partial charge in [0.2, 0.25) is 11.8 Å². The lowest BCUT2D eigenvalue weighted by Crippen LogP contribution is -2.58. The van der Waals surface area contributed by atoms with Crippen LogP contribution in [0.1, 0.15) is 36.5 Å². The average Bonchev–Trinajstić information content (AvgIpc) is 3.64. The largest absolute Gasteiger partial charge is 0.394 e. The summed E-state index contributed by atoms with van der Waals surface area (Å²) >= 11 is 0. The highest BCUT2D eigenvalue weighted by Gasteiger charge is 2.75. The van der Waals surface area contributed by atoms with E-state index < -0.39 is 35.6 Å². The van der Waals surface area contributed by atoms with Gasteiger partial charge in [-0.15, -0.1) is 13.2 Å². The molecule has 2 bridgehead atoms. The van der Waals surface area contributed by atoms with Gasteiger partial charge in [0.05, 0.1) is 30.6 Å². The number of anilines is 1. The van der Waals surface area contributed by atoms with Gasteiger partial charge in [0, 0.05) is 25.3 Å². The van der Waals surface area contributed by atoms with Crippen LogP contribution in [-0.2, 0) is 25.7 Å². The summed E-state index contributed by atoms with van der Waals surface area (Å²) in [6, 6.07) is 14.0. The van der Waals surface area contributed by atoms with Crippen molar-refractivity contribution in [3.63, 3.8) is 0 Å². The maximum Gasteiger partial charge on any atom is 0.253 e. The molecule has 3 fully saturated rings. The highest BCUT2D eigenvalue weighted by Crippen LogP contribution is 2.59. The molecule has 2 aromatic carbocycles. The van der Waals surface area contributed by atoms with Gasteiger partial charge in [0.1, 0.15) is 11.6 Å². The summed E-state index contributed by atoms with van der Waals surface area (Å²) in [6.07, 6.45) is 3.94. The fraction of sp³-hybridized carbons (Fsp3) is 0.441. The molecule has 1 N–H and O–H groups in total. The van der Waals surface area contributed by atoms with Crippen LogP contribution in [0.3, 0.4) is 0 Å². The van der Waals surface area contributed by atoms with Crippen molar-refractivity contribution in [2.45, 2.75) is 63.9 Å². The summed E-state index contributed by atoms with van der Waals surface area (Å²) in [4.78, 5) is 48.1. The fourth-order valence-electron chi connectivity index (χ4n) is 7.21. The molecular weight excluding hydrogens is 530 g/mol. The Kier molecular flexibility index (Phi) is 8.39. The van der Waals surface area contributed by atoms with E-state index in [4.69, 9.17) is 4.74 Å². The fourth-order valence-corrected chi connectivity index (χ4v) is 7.21.